The molecular formula is C13H13FN2O2S. The maximum atomic E-state index is 13.9. The Morgan fingerprint density at radius 1 is 1.53 bits per heavy atom. The van der Waals surface area contributed by atoms with E-state index in [4.69, 9.17) is 18.0 Å². The summed E-state index contributed by atoms with van der Waals surface area (Å²) in [6.07, 6.45) is 0.186. The molecule has 0 spiro atoms. The first kappa shape index (κ1) is 13.6. The molecule has 1 aromatic carbocycles. The van der Waals surface area contributed by atoms with Gasteiger partial charge >= 0.3 is 0 Å². The highest BCUT2D eigenvalue weighted by molar-refractivity contribution is 7.80. The lowest BCUT2D eigenvalue weighted by Crippen LogP contribution is -2.30. The van der Waals surface area contributed by atoms with Crippen LogP contribution in [-0.4, -0.2) is 21.7 Å². The third-order valence-corrected chi connectivity index (χ3v) is 3.37. The Hall–Kier alpha value is -1.82. The zero-order valence-electron chi connectivity index (χ0n) is 10.4. The summed E-state index contributed by atoms with van der Waals surface area (Å²) in [5.74, 6) is -1.38. The van der Waals surface area contributed by atoms with E-state index >= 15 is 0 Å². The standard InChI is InChI=1S/C13H13FN2O2S/c1-7-4-11(17)16(13(7)18)6-9-3-2-8(12(15)19)5-10(9)14/h2-3,5,7H,4,6H2,1H3,(H2,15,19). The third-order valence-electron chi connectivity index (χ3n) is 3.14. The second kappa shape index (κ2) is 5.05. The Labute approximate surface area is 115 Å². The van der Waals surface area contributed by atoms with Crippen LogP contribution < -0.4 is 5.73 Å². The largest absolute Gasteiger partial charge is 0.389 e. The number of hydrogen-bond acceptors (Lipinski definition) is 3. The summed E-state index contributed by atoms with van der Waals surface area (Å²) in [5, 5.41) is 0. The van der Waals surface area contributed by atoms with Crippen LogP contribution >= 0.6 is 12.2 Å². The second-order valence-corrected chi connectivity index (χ2v) is 5.03. The van der Waals surface area contributed by atoms with Gasteiger partial charge in [0.15, 0.2) is 0 Å². The minimum Gasteiger partial charge on any atom is -0.389 e. The molecule has 0 aromatic heterocycles. The fourth-order valence-corrected chi connectivity index (χ4v) is 2.14. The molecule has 0 aliphatic carbocycles. The van der Waals surface area contributed by atoms with Crippen LogP contribution in [0.1, 0.15) is 24.5 Å². The zero-order chi connectivity index (χ0) is 14.2. The Morgan fingerprint density at radius 3 is 2.68 bits per heavy atom. The maximum Gasteiger partial charge on any atom is 0.232 e. The van der Waals surface area contributed by atoms with Gasteiger partial charge in [0, 0.05) is 23.5 Å². The van der Waals surface area contributed by atoms with E-state index in [0.29, 0.717) is 5.56 Å². The van der Waals surface area contributed by atoms with Gasteiger partial charge in [-0.1, -0.05) is 31.3 Å². The van der Waals surface area contributed by atoms with Gasteiger partial charge in [0.2, 0.25) is 11.8 Å². The summed E-state index contributed by atoms with van der Waals surface area (Å²) in [6, 6.07) is 4.29. The molecule has 1 unspecified atom stereocenters. The number of carbonyl (C=O) groups is 2. The number of likely N-dealkylation sites (tertiary alicyclic amines) is 1. The van der Waals surface area contributed by atoms with Gasteiger partial charge in [0.05, 0.1) is 6.54 Å². The molecule has 100 valence electrons. The van der Waals surface area contributed by atoms with Crippen molar-refractivity contribution in [2.45, 2.75) is 19.9 Å². The number of amides is 2. The quantitative estimate of drug-likeness (QED) is 0.670. The fraction of sp³-hybridized carbons (Fsp3) is 0.308. The van der Waals surface area contributed by atoms with Crippen LogP contribution in [0.4, 0.5) is 4.39 Å². The summed E-state index contributed by atoms with van der Waals surface area (Å²) in [6.45, 7) is 1.64. The normalized spacial score (nSPS) is 19.1. The Bertz CT molecular complexity index is 574. The number of hydrogen-bond donors (Lipinski definition) is 1. The molecule has 0 saturated carbocycles. The van der Waals surface area contributed by atoms with E-state index in [-0.39, 0.29) is 41.2 Å². The fourth-order valence-electron chi connectivity index (χ4n) is 2.01. The Morgan fingerprint density at radius 2 is 2.21 bits per heavy atom. The van der Waals surface area contributed by atoms with Gasteiger partial charge in [-0.3, -0.25) is 14.5 Å². The van der Waals surface area contributed by atoms with Gasteiger partial charge in [-0.05, 0) is 6.07 Å². The molecule has 2 N–H and O–H groups in total. The first-order chi connectivity index (χ1) is 8.90. The molecule has 1 atom stereocenters. The monoisotopic (exact) mass is 280 g/mol. The first-order valence-electron chi connectivity index (χ1n) is 5.82. The Kier molecular flexibility index (Phi) is 3.61. The average molecular weight is 280 g/mol. The van der Waals surface area contributed by atoms with Crippen molar-refractivity contribution >= 4 is 29.0 Å². The lowest BCUT2D eigenvalue weighted by molar-refractivity contribution is -0.139. The number of thiocarbonyl (C=S) groups is 1. The van der Waals surface area contributed by atoms with E-state index in [9.17, 15) is 14.0 Å². The van der Waals surface area contributed by atoms with E-state index < -0.39 is 5.82 Å². The highest BCUT2D eigenvalue weighted by Crippen LogP contribution is 2.22. The van der Waals surface area contributed by atoms with E-state index in [1.807, 2.05) is 0 Å². The van der Waals surface area contributed by atoms with Crippen LogP contribution in [-0.2, 0) is 16.1 Å². The van der Waals surface area contributed by atoms with Crippen LogP contribution in [0.2, 0.25) is 0 Å². The molecule has 1 fully saturated rings. The lowest BCUT2D eigenvalue weighted by Gasteiger charge is -2.15. The van der Waals surface area contributed by atoms with Crippen molar-refractivity contribution in [1.82, 2.24) is 4.90 Å². The molecular weight excluding hydrogens is 267 g/mol. The SMILES string of the molecule is CC1CC(=O)N(Cc2ccc(C(N)=S)cc2F)C1=O. The third kappa shape index (κ3) is 2.63. The van der Waals surface area contributed by atoms with Crippen molar-refractivity contribution in [1.29, 1.82) is 0 Å². The molecule has 1 aromatic rings. The van der Waals surface area contributed by atoms with Crippen molar-refractivity contribution in [3.8, 4) is 0 Å². The van der Waals surface area contributed by atoms with Gasteiger partial charge < -0.3 is 5.73 Å². The van der Waals surface area contributed by atoms with E-state index in [0.717, 1.165) is 4.90 Å². The lowest BCUT2D eigenvalue weighted by atomic mass is 10.1. The molecule has 2 rings (SSSR count). The van der Waals surface area contributed by atoms with E-state index in [1.165, 1.54) is 12.1 Å². The molecule has 1 aliphatic rings. The second-order valence-electron chi connectivity index (χ2n) is 4.59. The topological polar surface area (TPSA) is 63.4 Å². The molecule has 19 heavy (non-hydrogen) atoms. The highest BCUT2D eigenvalue weighted by Gasteiger charge is 2.35. The zero-order valence-corrected chi connectivity index (χ0v) is 11.2. The van der Waals surface area contributed by atoms with Crippen LogP contribution in [0.15, 0.2) is 18.2 Å². The highest BCUT2D eigenvalue weighted by atomic mass is 32.1. The number of imide groups is 1. The molecule has 2 amide bonds. The number of rotatable bonds is 3. The van der Waals surface area contributed by atoms with Crippen molar-refractivity contribution in [2.75, 3.05) is 0 Å². The molecule has 4 nitrogen and oxygen atoms in total. The van der Waals surface area contributed by atoms with Gasteiger partial charge in [-0.15, -0.1) is 0 Å². The molecule has 0 radical (unpaired) electrons. The van der Waals surface area contributed by atoms with Gasteiger partial charge in [0.25, 0.3) is 0 Å². The molecule has 1 aliphatic heterocycles. The number of carbonyl (C=O) groups excluding carboxylic acids is 2. The molecule has 6 heteroatoms. The minimum atomic E-state index is -0.523. The number of nitrogens with two attached hydrogens (primary N) is 1. The van der Waals surface area contributed by atoms with Crippen molar-refractivity contribution < 1.29 is 14.0 Å². The van der Waals surface area contributed by atoms with Crippen LogP contribution in [0.3, 0.4) is 0 Å². The molecule has 1 heterocycles. The first-order valence-corrected chi connectivity index (χ1v) is 6.23. The number of benzene rings is 1. The van der Waals surface area contributed by atoms with Crippen LogP contribution in [0, 0.1) is 11.7 Å². The van der Waals surface area contributed by atoms with Crippen molar-refractivity contribution in [3.63, 3.8) is 0 Å². The summed E-state index contributed by atoms with van der Waals surface area (Å²) >= 11 is 4.75. The molecule has 1 saturated heterocycles. The maximum absolute atomic E-state index is 13.9. The summed E-state index contributed by atoms with van der Waals surface area (Å²) in [5.41, 5.74) is 6.10. The van der Waals surface area contributed by atoms with Crippen LogP contribution in [0.25, 0.3) is 0 Å². The van der Waals surface area contributed by atoms with Crippen molar-refractivity contribution in [2.24, 2.45) is 11.7 Å². The Balaban J connectivity index is 2.22. The van der Waals surface area contributed by atoms with E-state index in [1.54, 1.807) is 13.0 Å². The smallest absolute Gasteiger partial charge is 0.232 e. The predicted molar refractivity (Wildman–Crippen MR) is 71.6 cm³/mol. The summed E-state index contributed by atoms with van der Waals surface area (Å²) < 4.78 is 13.9. The molecule has 0 bridgehead atoms. The van der Waals surface area contributed by atoms with E-state index in [2.05, 4.69) is 0 Å². The summed E-state index contributed by atoms with van der Waals surface area (Å²) in [4.78, 5) is 24.6. The minimum absolute atomic E-state index is 0.0501. The average Bonchev–Trinajstić information content (AvgIpc) is 2.58. The van der Waals surface area contributed by atoms with Gasteiger partial charge in [0.1, 0.15) is 10.8 Å². The van der Waals surface area contributed by atoms with Gasteiger partial charge in [-0.2, -0.15) is 0 Å². The number of nitrogens with zero attached hydrogens (tertiary/aromatic N) is 1. The van der Waals surface area contributed by atoms with Crippen LogP contribution in [0.5, 0.6) is 0 Å². The number of halogens is 1. The predicted octanol–water partition coefficient (Wildman–Crippen LogP) is 1.35. The van der Waals surface area contributed by atoms with Crippen molar-refractivity contribution in [3.05, 3.63) is 35.1 Å². The van der Waals surface area contributed by atoms with Gasteiger partial charge in [-0.25, -0.2) is 4.39 Å². The summed E-state index contributed by atoms with van der Waals surface area (Å²) in [7, 11) is 0.